The number of piperidine rings is 1. The smallest absolute Gasteiger partial charge is 0.163 e. The van der Waals surface area contributed by atoms with Gasteiger partial charge in [0.1, 0.15) is 12.4 Å². The molecule has 8 nitrogen and oxygen atoms in total. The van der Waals surface area contributed by atoms with Crippen LogP contribution in [0.3, 0.4) is 0 Å². The van der Waals surface area contributed by atoms with Gasteiger partial charge in [0.2, 0.25) is 0 Å². The van der Waals surface area contributed by atoms with E-state index in [1.165, 1.54) is 39.0 Å². The van der Waals surface area contributed by atoms with Crippen LogP contribution >= 0.6 is 0 Å². The van der Waals surface area contributed by atoms with Crippen LogP contribution in [0.25, 0.3) is 11.0 Å². The lowest BCUT2D eigenvalue weighted by Crippen LogP contribution is -2.51. The normalized spacial score (nSPS) is 21.5. The second kappa shape index (κ2) is 8.31. The van der Waals surface area contributed by atoms with Crippen LogP contribution < -0.4 is 4.90 Å². The Bertz CT molecular complexity index is 791. The van der Waals surface area contributed by atoms with Gasteiger partial charge in [-0.15, -0.1) is 0 Å². The molecule has 0 spiro atoms. The van der Waals surface area contributed by atoms with E-state index < -0.39 is 0 Å². The molecule has 8 heteroatoms. The highest BCUT2D eigenvalue weighted by Gasteiger charge is 2.30. The van der Waals surface area contributed by atoms with E-state index >= 15 is 0 Å². The number of nitrogens with zero attached hydrogens (tertiary/aromatic N) is 7. The third kappa shape index (κ3) is 3.86. The molecular weight excluding hydrogens is 354 g/mol. The molecule has 1 unspecified atom stereocenters. The molecule has 0 aliphatic carbocycles. The lowest BCUT2D eigenvalue weighted by Gasteiger charge is -2.43. The minimum absolute atomic E-state index is 0.422. The zero-order chi connectivity index (χ0) is 19.7. The summed E-state index contributed by atoms with van der Waals surface area (Å²) in [7, 11) is 5.83. The van der Waals surface area contributed by atoms with Gasteiger partial charge in [-0.25, -0.2) is 9.97 Å². The predicted octanol–water partition coefficient (Wildman–Crippen LogP) is 1.36. The Morgan fingerprint density at radius 3 is 2.46 bits per heavy atom. The average Bonchev–Trinajstić information content (AvgIpc) is 3.09. The minimum atomic E-state index is 0.422. The lowest BCUT2D eigenvalue weighted by molar-refractivity contribution is 0.0813. The molecule has 2 fully saturated rings. The number of piperazine rings is 1. The molecule has 2 saturated heterocycles. The molecule has 2 aliphatic rings. The number of anilines is 1. The Balaban J connectivity index is 1.46. The Morgan fingerprint density at radius 1 is 1.07 bits per heavy atom. The number of rotatable bonds is 5. The van der Waals surface area contributed by atoms with Gasteiger partial charge < -0.3 is 14.5 Å². The van der Waals surface area contributed by atoms with Crippen molar-refractivity contribution in [3.05, 3.63) is 12.0 Å². The van der Waals surface area contributed by atoms with Crippen LogP contribution in [-0.2, 0) is 18.4 Å². The maximum absolute atomic E-state index is 5.28. The molecule has 4 rings (SSSR count). The fraction of sp³-hybridized carbons (Fsp3) is 0.750. The highest BCUT2D eigenvalue weighted by molar-refractivity contribution is 5.87. The van der Waals surface area contributed by atoms with Crippen LogP contribution in [0.2, 0.25) is 0 Å². The first kappa shape index (κ1) is 19.5. The number of methoxy groups -OCH3 is 1. The van der Waals surface area contributed by atoms with Crippen LogP contribution in [0.1, 0.15) is 25.6 Å². The molecule has 2 aromatic rings. The van der Waals surface area contributed by atoms with E-state index in [4.69, 9.17) is 9.72 Å². The summed E-state index contributed by atoms with van der Waals surface area (Å²) in [5.41, 5.74) is 0.880. The van der Waals surface area contributed by atoms with E-state index in [0.717, 1.165) is 41.7 Å². The summed E-state index contributed by atoms with van der Waals surface area (Å²) in [5.74, 6) is 2.49. The van der Waals surface area contributed by atoms with Crippen molar-refractivity contribution >= 4 is 16.9 Å². The molecule has 0 radical (unpaired) electrons. The summed E-state index contributed by atoms with van der Waals surface area (Å²) in [4.78, 5) is 17.0. The predicted molar refractivity (Wildman–Crippen MR) is 110 cm³/mol. The number of fused-ring (bicyclic) bond motifs is 1. The fourth-order valence-corrected chi connectivity index (χ4v) is 4.61. The van der Waals surface area contributed by atoms with Gasteiger partial charge in [-0.05, 0) is 32.7 Å². The number of hydrogen-bond donors (Lipinski definition) is 0. The molecular formula is C20H33N7O. The van der Waals surface area contributed by atoms with E-state index in [1.54, 1.807) is 7.11 Å². The topological polar surface area (TPSA) is 62.6 Å². The number of hydrogen-bond acceptors (Lipinski definition) is 7. The summed E-state index contributed by atoms with van der Waals surface area (Å²) in [6.45, 7) is 9.68. The summed E-state index contributed by atoms with van der Waals surface area (Å²) in [6, 6.07) is 0.656. The molecule has 4 heterocycles. The first-order valence-electron chi connectivity index (χ1n) is 10.4. The Morgan fingerprint density at radius 2 is 1.79 bits per heavy atom. The molecule has 1 atom stereocenters. The largest absolute Gasteiger partial charge is 0.377 e. The van der Waals surface area contributed by atoms with Crippen molar-refractivity contribution in [1.29, 1.82) is 0 Å². The van der Waals surface area contributed by atoms with Gasteiger partial charge in [-0.1, -0.05) is 0 Å². The van der Waals surface area contributed by atoms with Crippen molar-refractivity contribution in [2.75, 3.05) is 58.3 Å². The summed E-state index contributed by atoms with van der Waals surface area (Å²) in [6.07, 6.45) is 4.30. The highest BCUT2D eigenvalue weighted by Crippen LogP contribution is 2.30. The minimum Gasteiger partial charge on any atom is -0.377 e. The fourth-order valence-electron chi connectivity index (χ4n) is 4.61. The summed E-state index contributed by atoms with van der Waals surface area (Å²) < 4.78 is 7.10. The molecule has 28 heavy (non-hydrogen) atoms. The second-order valence-electron chi connectivity index (χ2n) is 8.31. The third-order valence-corrected chi connectivity index (χ3v) is 6.53. The van der Waals surface area contributed by atoms with E-state index in [1.807, 2.05) is 17.9 Å². The molecule has 0 amide bonds. The zero-order valence-electron chi connectivity index (χ0n) is 17.6. The Labute approximate surface area is 167 Å². The first-order chi connectivity index (χ1) is 13.6. The zero-order valence-corrected chi connectivity index (χ0v) is 17.6. The van der Waals surface area contributed by atoms with Gasteiger partial charge in [0.25, 0.3) is 0 Å². The van der Waals surface area contributed by atoms with Crippen molar-refractivity contribution in [3.8, 4) is 0 Å². The monoisotopic (exact) mass is 387 g/mol. The third-order valence-electron chi connectivity index (χ3n) is 6.53. The molecule has 154 valence electrons. The van der Waals surface area contributed by atoms with Crippen molar-refractivity contribution in [3.63, 3.8) is 0 Å². The standard InChI is InChI=1S/C20H33N7O/c1-15(26-11-9-24(2)10-12-26)16-5-7-27(8-6-16)20-17-13-21-25(3)19(17)22-18(23-20)14-28-4/h13,15-16H,5-12,14H2,1-4H3. The van der Waals surface area contributed by atoms with Gasteiger partial charge in [-0.3, -0.25) is 9.58 Å². The van der Waals surface area contributed by atoms with Crippen molar-refractivity contribution in [2.24, 2.45) is 13.0 Å². The molecule has 0 N–H and O–H groups in total. The van der Waals surface area contributed by atoms with Crippen molar-refractivity contribution < 1.29 is 4.74 Å². The van der Waals surface area contributed by atoms with Crippen LogP contribution in [0.5, 0.6) is 0 Å². The number of likely N-dealkylation sites (N-methyl/N-ethyl adjacent to an activating group) is 1. The maximum atomic E-state index is 5.28. The number of ether oxygens (including phenoxy) is 1. The summed E-state index contributed by atoms with van der Waals surface area (Å²) in [5, 5.41) is 5.43. The maximum Gasteiger partial charge on any atom is 0.163 e. The quantitative estimate of drug-likeness (QED) is 0.768. The van der Waals surface area contributed by atoms with Gasteiger partial charge in [0, 0.05) is 59.5 Å². The Hall–Kier alpha value is -1.77. The molecule has 0 aromatic carbocycles. The molecule has 2 aliphatic heterocycles. The summed E-state index contributed by atoms with van der Waals surface area (Å²) >= 11 is 0. The van der Waals surface area contributed by atoms with Crippen LogP contribution in [0, 0.1) is 5.92 Å². The van der Waals surface area contributed by atoms with E-state index in [9.17, 15) is 0 Å². The van der Waals surface area contributed by atoms with Crippen LogP contribution in [-0.4, -0.2) is 89.0 Å². The van der Waals surface area contributed by atoms with E-state index in [-0.39, 0.29) is 0 Å². The number of aryl methyl sites for hydroxylation is 1. The number of aromatic nitrogens is 4. The molecule has 0 bridgehead atoms. The van der Waals surface area contributed by atoms with Gasteiger partial charge in [-0.2, -0.15) is 5.10 Å². The first-order valence-corrected chi connectivity index (χ1v) is 10.4. The van der Waals surface area contributed by atoms with E-state index in [0.29, 0.717) is 12.6 Å². The highest BCUT2D eigenvalue weighted by atomic mass is 16.5. The van der Waals surface area contributed by atoms with Crippen LogP contribution in [0.4, 0.5) is 5.82 Å². The second-order valence-corrected chi connectivity index (χ2v) is 8.31. The average molecular weight is 388 g/mol. The van der Waals surface area contributed by atoms with Gasteiger partial charge in [0.05, 0.1) is 11.6 Å². The molecule has 2 aromatic heterocycles. The van der Waals surface area contributed by atoms with Crippen LogP contribution in [0.15, 0.2) is 6.20 Å². The van der Waals surface area contributed by atoms with Gasteiger partial charge >= 0.3 is 0 Å². The Kier molecular flexibility index (Phi) is 5.80. The lowest BCUT2D eigenvalue weighted by atomic mass is 9.89. The van der Waals surface area contributed by atoms with Gasteiger partial charge in [0.15, 0.2) is 11.5 Å². The SMILES string of the molecule is COCc1nc(N2CCC(C(C)N3CCN(C)CC3)CC2)c2cnn(C)c2n1. The van der Waals surface area contributed by atoms with E-state index in [2.05, 4.69) is 38.8 Å². The van der Waals surface area contributed by atoms with Crippen molar-refractivity contribution in [1.82, 2.24) is 29.5 Å². The van der Waals surface area contributed by atoms with Crippen molar-refractivity contribution in [2.45, 2.75) is 32.4 Å². The molecule has 0 saturated carbocycles.